The number of hydrogen-bond acceptors (Lipinski definition) is 3. The second kappa shape index (κ2) is 4.40. The lowest BCUT2D eigenvalue weighted by molar-refractivity contribution is 0.669. The van der Waals surface area contributed by atoms with E-state index in [9.17, 15) is 0 Å². The molecule has 0 aliphatic rings. The Morgan fingerprint density at radius 1 is 1.40 bits per heavy atom. The molecule has 0 spiro atoms. The smallest absolute Gasteiger partial charge is 0.157 e. The topological polar surface area (TPSA) is 42.2 Å². The molecule has 4 nitrogen and oxygen atoms in total. The van der Waals surface area contributed by atoms with Crippen molar-refractivity contribution in [2.24, 2.45) is 0 Å². The van der Waals surface area contributed by atoms with Crippen molar-refractivity contribution in [3.63, 3.8) is 0 Å². The van der Waals surface area contributed by atoms with E-state index in [0.717, 1.165) is 30.7 Å². The SMILES string of the molecule is CCCNCc1cnc2c(C)cnn2c1. The third-order valence-corrected chi connectivity index (χ3v) is 2.34. The van der Waals surface area contributed by atoms with Crippen LogP contribution in [0.5, 0.6) is 0 Å². The van der Waals surface area contributed by atoms with Gasteiger partial charge >= 0.3 is 0 Å². The van der Waals surface area contributed by atoms with E-state index in [1.54, 1.807) is 0 Å². The standard InChI is InChI=1S/C11H16N4/c1-3-4-12-6-10-7-13-11-9(2)5-14-15(11)8-10/h5,7-8,12H,3-4,6H2,1-2H3. The van der Waals surface area contributed by atoms with Crippen LogP contribution < -0.4 is 5.32 Å². The van der Waals surface area contributed by atoms with Crippen LogP contribution in [0.2, 0.25) is 0 Å². The molecular formula is C11H16N4. The highest BCUT2D eigenvalue weighted by Gasteiger charge is 2.01. The molecule has 0 saturated carbocycles. The summed E-state index contributed by atoms with van der Waals surface area (Å²) < 4.78 is 1.83. The number of nitrogens with one attached hydrogen (secondary N) is 1. The van der Waals surface area contributed by atoms with Crippen molar-refractivity contribution in [1.82, 2.24) is 19.9 Å². The zero-order valence-corrected chi connectivity index (χ0v) is 9.20. The van der Waals surface area contributed by atoms with Gasteiger partial charge in [-0.25, -0.2) is 9.50 Å². The van der Waals surface area contributed by atoms with E-state index in [0.29, 0.717) is 0 Å². The van der Waals surface area contributed by atoms with Crippen LogP contribution >= 0.6 is 0 Å². The van der Waals surface area contributed by atoms with Gasteiger partial charge in [0.25, 0.3) is 0 Å². The van der Waals surface area contributed by atoms with E-state index >= 15 is 0 Å². The second-order valence-corrected chi connectivity index (χ2v) is 3.73. The fourth-order valence-electron chi connectivity index (χ4n) is 1.53. The van der Waals surface area contributed by atoms with Crippen LogP contribution in [0.25, 0.3) is 5.65 Å². The number of hydrogen-bond donors (Lipinski definition) is 1. The zero-order chi connectivity index (χ0) is 10.7. The van der Waals surface area contributed by atoms with Gasteiger partial charge in [0.1, 0.15) is 0 Å². The van der Waals surface area contributed by atoms with Crippen LogP contribution in [0.4, 0.5) is 0 Å². The van der Waals surface area contributed by atoms with Crippen LogP contribution in [-0.2, 0) is 6.54 Å². The molecule has 0 fully saturated rings. The molecule has 0 aliphatic heterocycles. The summed E-state index contributed by atoms with van der Waals surface area (Å²) in [7, 11) is 0. The molecule has 80 valence electrons. The average Bonchev–Trinajstić information content (AvgIpc) is 2.61. The van der Waals surface area contributed by atoms with Gasteiger partial charge in [0.05, 0.1) is 6.20 Å². The van der Waals surface area contributed by atoms with E-state index < -0.39 is 0 Å². The molecule has 15 heavy (non-hydrogen) atoms. The normalized spacial score (nSPS) is 11.1. The summed E-state index contributed by atoms with van der Waals surface area (Å²) in [5.41, 5.74) is 3.22. The molecular weight excluding hydrogens is 188 g/mol. The fraction of sp³-hybridized carbons (Fsp3) is 0.455. The molecule has 2 aromatic rings. The molecule has 0 saturated heterocycles. The van der Waals surface area contributed by atoms with Crippen molar-refractivity contribution < 1.29 is 0 Å². The Balaban J connectivity index is 2.16. The first-order valence-electron chi connectivity index (χ1n) is 5.31. The first-order chi connectivity index (χ1) is 7.31. The van der Waals surface area contributed by atoms with E-state index in [1.165, 1.54) is 5.56 Å². The minimum Gasteiger partial charge on any atom is -0.313 e. The molecule has 2 aromatic heterocycles. The summed E-state index contributed by atoms with van der Waals surface area (Å²) in [4.78, 5) is 4.38. The Labute approximate surface area is 89.3 Å². The molecule has 0 aromatic carbocycles. The highest BCUT2D eigenvalue weighted by molar-refractivity contribution is 5.45. The third-order valence-electron chi connectivity index (χ3n) is 2.34. The van der Waals surface area contributed by atoms with Gasteiger partial charge < -0.3 is 5.32 Å². The molecule has 4 heteroatoms. The van der Waals surface area contributed by atoms with Crippen LogP contribution in [0.1, 0.15) is 24.5 Å². The van der Waals surface area contributed by atoms with Crippen molar-refractivity contribution >= 4 is 5.65 Å². The Bertz CT molecular complexity index is 447. The number of fused-ring (bicyclic) bond motifs is 1. The Morgan fingerprint density at radius 2 is 2.27 bits per heavy atom. The molecule has 0 aliphatic carbocycles. The number of aromatic nitrogens is 3. The quantitative estimate of drug-likeness (QED) is 0.768. The molecule has 0 unspecified atom stereocenters. The Hall–Kier alpha value is -1.42. The first-order valence-corrected chi connectivity index (χ1v) is 5.31. The molecule has 0 atom stereocenters. The largest absolute Gasteiger partial charge is 0.313 e. The number of aryl methyl sites for hydroxylation is 1. The molecule has 0 amide bonds. The van der Waals surface area contributed by atoms with Gasteiger partial charge in [0, 0.05) is 30.1 Å². The van der Waals surface area contributed by atoms with Crippen molar-refractivity contribution in [3.05, 3.63) is 29.7 Å². The summed E-state index contributed by atoms with van der Waals surface area (Å²) in [6.45, 7) is 6.07. The van der Waals surface area contributed by atoms with E-state index in [4.69, 9.17) is 0 Å². The molecule has 0 radical (unpaired) electrons. The third kappa shape index (κ3) is 2.15. The van der Waals surface area contributed by atoms with Crippen molar-refractivity contribution in [2.75, 3.05) is 6.54 Å². The van der Waals surface area contributed by atoms with E-state index in [2.05, 4.69) is 22.3 Å². The van der Waals surface area contributed by atoms with Gasteiger partial charge in [-0.3, -0.25) is 0 Å². The highest BCUT2D eigenvalue weighted by atomic mass is 15.2. The van der Waals surface area contributed by atoms with Gasteiger partial charge in [0.2, 0.25) is 0 Å². The minimum absolute atomic E-state index is 0.857. The van der Waals surface area contributed by atoms with E-state index in [-0.39, 0.29) is 0 Å². The van der Waals surface area contributed by atoms with Crippen molar-refractivity contribution in [2.45, 2.75) is 26.8 Å². The Kier molecular flexibility index (Phi) is 2.97. The predicted octanol–water partition coefficient (Wildman–Crippen LogP) is 1.54. The number of rotatable bonds is 4. The lowest BCUT2D eigenvalue weighted by Gasteiger charge is -2.03. The molecule has 1 N–H and O–H groups in total. The maximum atomic E-state index is 4.38. The second-order valence-electron chi connectivity index (χ2n) is 3.73. The predicted molar refractivity (Wildman–Crippen MR) is 59.7 cm³/mol. The van der Waals surface area contributed by atoms with E-state index in [1.807, 2.05) is 30.0 Å². The van der Waals surface area contributed by atoms with Gasteiger partial charge in [-0.2, -0.15) is 5.10 Å². The lowest BCUT2D eigenvalue weighted by atomic mass is 10.3. The maximum absolute atomic E-state index is 4.38. The summed E-state index contributed by atoms with van der Waals surface area (Å²) in [6.07, 6.45) is 6.92. The molecule has 0 bridgehead atoms. The highest BCUT2D eigenvalue weighted by Crippen LogP contribution is 2.06. The summed E-state index contributed by atoms with van der Waals surface area (Å²) in [5, 5.41) is 7.58. The monoisotopic (exact) mass is 204 g/mol. The Morgan fingerprint density at radius 3 is 3.07 bits per heavy atom. The number of nitrogens with zero attached hydrogens (tertiary/aromatic N) is 3. The average molecular weight is 204 g/mol. The maximum Gasteiger partial charge on any atom is 0.157 e. The van der Waals surface area contributed by atoms with Gasteiger partial charge in [0.15, 0.2) is 5.65 Å². The summed E-state index contributed by atoms with van der Waals surface area (Å²) in [6, 6.07) is 0. The zero-order valence-electron chi connectivity index (χ0n) is 9.20. The van der Waals surface area contributed by atoms with Crippen LogP contribution in [-0.4, -0.2) is 21.1 Å². The fourth-order valence-corrected chi connectivity index (χ4v) is 1.53. The van der Waals surface area contributed by atoms with Crippen LogP contribution in [0, 0.1) is 6.92 Å². The van der Waals surface area contributed by atoms with Gasteiger partial charge in [-0.05, 0) is 19.9 Å². The van der Waals surface area contributed by atoms with Gasteiger partial charge in [-0.1, -0.05) is 6.92 Å². The van der Waals surface area contributed by atoms with Gasteiger partial charge in [-0.15, -0.1) is 0 Å². The first kappa shape index (κ1) is 10.1. The summed E-state index contributed by atoms with van der Waals surface area (Å²) >= 11 is 0. The molecule has 2 rings (SSSR count). The lowest BCUT2D eigenvalue weighted by Crippen LogP contribution is -2.14. The summed E-state index contributed by atoms with van der Waals surface area (Å²) in [5.74, 6) is 0. The van der Waals surface area contributed by atoms with Crippen LogP contribution in [0.3, 0.4) is 0 Å². The van der Waals surface area contributed by atoms with Crippen LogP contribution in [0.15, 0.2) is 18.6 Å². The molecule has 2 heterocycles. The minimum atomic E-state index is 0.857. The van der Waals surface area contributed by atoms with Crippen molar-refractivity contribution in [1.29, 1.82) is 0 Å². The van der Waals surface area contributed by atoms with Crippen molar-refractivity contribution in [3.8, 4) is 0 Å².